The first-order chi connectivity index (χ1) is 8.24. The Morgan fingerprint density at radius 1 is 0.632 bits per heavy atom. The van der Waals surface area contributed by atoms with Crippen molar-refractivity contribution in [1.82, 2.24) is 0 Å². The van der Waals surface area contributed by atoms with E-state index < -0.39 is 13.4 Å². The van der Waals surface area contributed by atoms with Crippen molar-refractivity contribution in [1.29, 1.82) is 0 Å². The second kappa shape index (κ2) is 23.4. The van der Waals surface area contributed by atoms with E-state index in [0.717, 1.165) is 0 Å². The average molecular weight is 354 g/mol. The molecule has 0 fully saturated rings. The molecular formula is C9H24O6P2S2. The predicted molar refractivity (Wildman–Crippen MR) is 89.5 cm³/mol. The third-order valence-electron chi connectivity index (χ3n) is 0. The average Bonchev–Trinajstić information content (AvgIpc) is 1.99. The highest BCUT2D eigenvalue weighted by Gasteiger charge is 1.92. The van der Waals surface area contributed by atoms with E-state index >= 15 is 0 Å². The molecule has 10 heteroatoms. The minimum atomic E-state index is -3.81. The van der Waals surface area contributed by atoms with Gasteiger partial charge in [0.1, 0.15) is 0 Å². The standard InChI is InChI=1S/3C3H6.2H3O3PS/c3*1-3-2;2*1-4(2,3)5/h3*3H,1H2,2H3;2*(H3,1,2,3,5). The van der Waals surface area contributed by atoms with Crippen molar-refractivity contribution in [2.45, 2.75) is 20.8 Å². The van der Waals surface area contributed by atoms with Crippen LogP contribution in [0.5, 0.6) is 0 Å². The fraction of sp³-hybridized carbons (Fsp3) is 0.333. The SMILES string of the molecule is C=CC.C=CC.C=CC.OP(O)(O)=S.OP(O)(O)=S. The first-order valence-corrected chi connectivity index (χ1v) is 9.84. The number of rotatable bonds is 0. The number of hydrogen-bond donors (Lipinski definition) is 6. The van der Waals surface area contributed by atoms with Crippen molar-refractivity contribution in [3.05, 3.63) is 38.0 Å². The summed E-state index contributed by atoms with van der Waals surface area (Å²) in [5.74, 6) is 0. The second-order valence-corrected chi connectivity index (χ2v) is 7.24. The maximum absolute atomic E-state index is 7.56. The summed E-state index contributed by atoms with van der Waals surface area (Å²) in [7, 11) is 0. The van der Waals surface area contributed by atoms with E-state index in [-0.39, 0.29) is 0 Å². The van der Waals surface area contributed by atoms with Gasteiger partial charge in [-0.1, -0.05) is 18.2 Å². The zero-order chi connectivity index (χ0) is 17.1. The summed E-state index contributed by atoms with van der Waals surface area (Å²) in [5.41, 5.74) is 0. The Bertz CT molecular complexity index is 234. The van der Waals surface area contributed by atoms with Crippen LogP contribution in [0, 0.1) is 0 Å². The van der Waals surface area contributed by atoms with Gasteiger partial charge in [-0.05, 0) is 44.4 Å². The molecule has 0 unspecified atom stereocenters. The Morgan fingerprint density at radius 2 is 0.632 bits per heavy atom. The van der Waals surface area contributed by atoms with Crippen molar-refractivity contribution in [3.63, 3.8) is 0 Å². The Morgan fingerprint density at radius 3 is 0.632 bits per heavy atom. The summed E-state index contributed by atoms with van der Waals surface area (Å²) in [6.07, 6.45) is 5.25. The monoisotopic (exact) mass is 354 g/mol. The van der Waals surface area contributed by atoms with Gasteiger partial charge in [0, 0.05) is 0 Å². The summed E-state index contributed by atoms with van der Waals surface area (Å²) >= 11 is 7.21. The van der Waals surface area contributed by atoms with Gasteiger partial charge in [0.15, 0.2) is 0 Å². The normalized spacial score (nSPS) is 8.26. The molecule has 0 radical (unpaired) electrons. The van der Waals surface area contributed by atoms with E-state index in [1.807, 2.05) is 20.8 Å². The van der Waals surface area contributed by atoms with Gasteiger partial charge in [0.25, 0.3) is 0 Å². The van der Waals surface area contributed by atoms with Crippen LogP contribution in [0.3, 0.4) is 0 Å². The molecule has 0 aromatic heterocycles. The minimum absolute atomic E-state index is 1.75. The first-order valence-electron chi connectivity index (χ1n) is 4.52. The van der Waals surface area contributed by atoms with Crippen LogP contribution < -0.4 is 0 Å². The topological polar surface area (TPSA) is 121 Å². The molecular weight excluding hydrogens is 330 g/mol. The zero-order valence-electron chi connectivity index (χ0n) is 11.2. The molecule has 0 aromatic carbocycles. The van der Waals surface area contributed by atoms with Crippen LogP contribution >= 0.6 is 13.4 Å². The van der Waals surface area contributed by atoms with Gasteiger partial charge in [-0.3, -0.25) is 0 Å². The number of allylic oxidation sites excluding steroid dienone is 3. The molecule has 6 nitrogen and oxygen atoms in total. The fourth-order valence-electron chi connectivity index (χ4n) is 0. The molecule has 0 spiro atoms. The molecule has 0 saturated carbocycles. The highest BCUT2D eigenvalue weighted by Crippen LogP contribution is 2.26. The van der Waals surface area contributed by atoms with Crippen molar-refractivity contribution in [3.8, 4) is 0 Å². The third-order valence-corrected chi connectivity index (χ3v) is 0. The molecule has 19 heavy (non-hydrogen) atoms. The van der Waals surface area contributed by atoms with E-state index in [1.54, 1.807) is 18.2 Å². The molecule has 0 aliphatic rings. The van der Waals surface area contributed by atoms with Crippen molar-refractivity contribution in [2.75, 3.05) is 0 Å². The first kappa shape index (κ1) is 31.6. The summed E-state index contributed by atoms with van der Waals surface area (Å²) < 4.78 is 0. The van der Waals surface area contributed by atoms with Crippen LogP contribution in [0.1, 0.15) is 20.8 Å². The fourth-order valence-corrected chi connectivity index (χ4v) is 0. The highest BCUT2D eigenvalue weighted by molar-refractivity contribution is 8.06. The third kappa shape index (κ3) is 61800. The van der Waals surface area contributed by atoms with E-state index in [4.69, 9.17) is 29.4 Å². The smallest absolute Gasteiger partial charge is 0.319 e. The molecule has 0 amide bonds. The van der Waals surface area contributed by atoms with Crippen LogP contribution in [0.4, 0.5) is 0 Å². The Labute approximate surface area is 125 Å². The molecule has 0 saturated heterocycles. The van der Waals surface area contributed by atoms with E-state index in [9.17, 15) is 0 Å². The maximum Gasteiger partial charge on any atom is 0.319 e. The van der Waals surface area contributed by atoms with Gasteiger partial charge in [-0.15, -0.1) is 19.7 Å². The van der Waals surface area contributed by atoms with Crippen molar-refractivity contribution >= 4 is 37.1 Å². The van der Waals surface area contributed by atoms with Gasteiger partial charge in [-0.25, -0.2) is 0 Å². The Balaban J connectivity index is -0.0000000442. The largest absolute Gasteiger partial charge is 0.325 e. The lowest BCUT2D eigenvalue weighted by Crippen LogP contribution is -1.65. The highest BCUT2D eigenvalue weighted by atomic mass is 32.5. The molecule has 0 aliphatic heterocycles. The molecule has 0 heterocycles. The van der Waals surface area contributed by atoms with Gasteiger partial charge in [0.2, 0.25) is 0 Å². The molecule has 118 valence electrons. The molecule has 0 atom stereocenters. The summed E-state index contributed by atoms with van der Waals surface area (Å²) in [6, 6.07) is 0. The van der Waals surface area contributed by atoms with Gasteiger partial charge in [-0.2, -0.15) is 0 Å². The Kier molecular flexibility index (Phi) is 38.9. The van der Waals surface area contributed by atoms with Crippen LogP contribution in [-0.4, -0.2) is 29.4 Å². The summed E-state index contributed by atoms with van der Waals surface area (Å²) in [5, 5.41) is 0. The quantitative estimate of drug-likeness (QED) is 0.288. The maximum atomic E-state index is 7.56. The molecule has 6 N–H and O–H groups in total. The molecule has 0 bridgehead atoms. The minimum Gasteiger partial charge on any atom is -0.325 e. The van der Waals surface area contributed by atoms with E-state index in [1.165, 1.54) is 0 Å². The van der Waals surface area contributed by atoms with Crippen LogP contribution in [0.2, 0.25) is 0 Å². The zero-order valence-corrected chi connectivity index (χ0v) is 14.7. The lowest BCUT2D eigenvalue weighted by molar-refractivity contribution is 0.361. The van der Waals surface area contributed by atoms with Crippen molar-refractivity contribution in [2.24, 2.45) is 0 Å². The van der Waals surface area contributed by atoms with Crippen molar-refractivity contribution < 1.29 is 29.4 Å². The summed E-state index contributed by atoms with van der Waals surface area (Å²) in [6.45, 7) is 8.14. The van der Waals surface area contributed by atoms with Crippen LogP contribution in [0.15, 0.2) is 38.0 Å². The van der Waals surface area contributed by atoms with Crippen LogP contribution in [-0.2, 0) is 23.6 Å². The summed E-state index contributed by atoms with van der Waals surface area (Å²) in [4.78, 5) is 45.3. The number of hydrogen-bond acceptors (Lipinski definition) is 2. The van der Waals surface area contributed by atoms with Gasteiger partial charge in [0.05, 0.1) is 0 Å². The predicted octanol–water partition coefficient (Wildman–Crippen LogP) is 1.95. The van der Waals surface area contributed by atoms with E-state index in [2.05, 4.69) is 43.4 Å². The lowest BCUT2D eigenvalue weighted by Gasteiger charge is -1.88. The second-order valence-electron chi connectivity index (χ2n) is 2.25. The molecule has 0 rings (SSSR count). The Hall–Kier alpha value is 0.280. The van der Waals surface area contributed by atoms with E-state index in [0.29, 0.717) is 0 Å². The molecule has 0 aliphatic carbocycles. The van der Waals surface area contributed by atoms with Crippen LogP contribution in [0.25, 0.3) is 0 Å². The molecule has 0 aromatic rings. The van der Waals surface area contributed by atoms with Gasteiger partial charge >= 0.3 is 13.4 Å². The van der Waals surface area contributed by atoms with Gasteiger partial charge < -0.3 is 29.4 Å². The lowest BCUT2D eigenvalue weighted by atomic mass is 10.8.